The highest BCUT2D eigenvalue weighted by atomic mass is 14.7. The summed E-state index contributed by atoms with van der Waals surface area (Å²) in [6, 6.07) is 0.476. The zero-order valence-electron chi connectivity index (χ0n) is 7.57. The van der Waals surface area contributed by atoms with Crippen LogP contribution in [0.4, 0.5) is 0 Å². The lowest BCUT2D eigenvalue weighted by molar-refractivity contribution is 0.000195. The predicted octanol–water partition coefficient (Wildman–Crippen LogP) is 2.16. The van der Waals surface area contributed by atoms with Crippen LogP contribution in [0.25, 0.3) is 0 Å². The first-order valence-electron chi connectivity index (χ1n) is 4.11. The van der Waals surface area contributed by atoms with Crippen LogP contribution in [-0.4, -0.2) is 6.04 Å². The van der Waals surface area contributed by atoms with Crippen molar-refractivity contribution in [3.8, 4) is 0 Å². The van der Waals surface area contributed by atoms with Gasteiger partial charge >= 0.3 is 0 Å². The second kappa shape index (κ2) is 1.97. The van der Waals surface area contributed by atoms with Gasteiger partial charge < -0.3 is 5.73 Å². The zero-order chi connectivity index (χ0) is 7.99. The Morgan fingerprint density at radius 1 is 1.30 bits per heavy atom. The van der Waals surface area contributed by atoms with Crippen molar-refractivity contribution in [2.75, 3.05) is 0 Å². The van der Waals surface area contributed by atoms with E-state index in [2.05, 4.69) is 27.7 Å². The van der Waals surface area contributed by atoms with E-state index in [4.69, 9.17) is 5.73 Å². The second-order valence-electron chi connectivity index (χ2n) is 4.98. The van der Waals surface area contributed by atoms with Crippen molar-refractivity contribution in [2.24, 2.45) is 16.6 Å². The molecule has 0 heterocycles. The molecule has 0 spiro atoms. The molecule has 1 aliphatic rings. The third-order valence-corrected chi connectivity index (χ3v) is 3.24. The van der Waals surface area contributed by atoms with Gasteiger partial charge in [0.15, 0.2) is 0 Å². The van der Waals surface area contributed by atoms with E-state index in [1.165, 1.54) is 12.8 Å². The smallest absolute Gasteiger partial charge is 0.00496 e. The van der Waals surface area contributed by atoms with Crippen molar-refractivity contribution in [1.29, 1.82) is 0 Å². The average molecular weight is 141 g/mol. The molecule has 10 heavy (non-hydrogen) atoms. The molecule has 0 amide bonds. The summed E-state index contributed by atoms with van der Waals surface area (Å²) >= 11 is 0. The highest BCUT2D eigenvalue weighted by Crippen LogP contribution is 2.52. The standard InChI is InChI=1S/C9H19N/c1-8(2,3)9(4)5-7(10)6-9/h7H,5-6,10H2,1-4H3. The summed E-state index contributed by atoms with van der Waals surface area (Å²) in [5, 5.41) is 0. The van der Waals surface area contributed by atoms with Crippen LogP contribution in [0.2, 0.25) is 0 Å². The summed E-state index contributed by atoms with van der Waals surface area (Å²) in [5.74, 6) is 0. The third kappa shape index (κ3) is 1.07. The van der Waals surface area contributed by atoms with Crippen molar-refractivity contribution in [3.05, 3.63) is 0 Å². The Bertz CT molecular complexity index is 126. The van der Waals surface area contributed by atoms with E-state index in [9.17, 15) is 0 Å². The molecule has 0 bridgehead atoms. The van der Waals surface area contributed by atoms with Crippen molar-refractivity contribution in [1.82, 2.24) is 0 Å². The first-order valence-corrected chi connectivity index (χ1v) is 4.11. The number of rotatable bonds is 0. The van der Waals surface area contributed by atoms with E-state index in [0.717, 1.165) is 0 Å². The van der Waals surface area contributed by atoms with Gasteiger partial charge in [-0.25, -0.2) is 0 Å². The van der Waals surface area contributed by atoms with Crippen molar-refractivity contribution in [3.63, 3.8) is 0 Å². The fourth-order valence-electron chi connectivity index (χ4n) is 1.71. The number of hydrogen-bond donors (Lipinski definition) is 1. The largest absolute Gasteiger partial charge is 0.328 e. The minimum absolute atomic E-state index is 0.433. The molecule has 60 valence electrons. The highest BCUT2D eigenvalue weighted by molar-refractivity contribution is 4.99. The Morgan fingerprint density at radius 3 is 1.80 bits per heavy atom. The Hall–Kier alpha value is -0.0400. The molecular weight excluding hydrogens is 122 g/mol. The van der Waals surface area contributed by atoms with E-state index < -0.39 is 0 Å². The molecule has 0 saturated heterocycles. The molecule has 1 fully saturated rings. The molecular formula is C9H19N. The van der Waals surface area contributed by atoms with E-state index in [1.807, 2.05) is 0 Å². The van der Waals surface area contributed by atoms with Gasteiger partial charge in [0.25, 0.3) is 0 Å². The summed E-state index contributed by atoms with van der Waals surface area (Å²) in [5.41, 5.74) is 6.69. The van der Waals surface area contributed by atoms with E-state index >= 15 is 0 Å². The summed E-state index contributed by atoms with van der Waals surface area (Å²) in [6.07, 6.45) is 2.41. The third-order valence-electron chi connectivity index (χ3n) is 3.24. The zero-order valence-corrected chi connectivity index (χ0v) is 7.57. The van der Waals surface area contributed by atoms with Crippen LogP contribution >= 0.6 is 0 Å². The van der Waals surface area contributed by atoms with Crippen LogP contribution in [-0.2, 0) is 0 Å². The molecule has 0 unspecified atom stereocenters. The quantitative estimate of drug-likeness (QED) is 0.549. The fourth-order valence-corrected chi connectivity index (χ4v) is 1.71. The summed E-state index contributed by atoms with van der Waals surface area (Å²) in [7, 11) is 0. The lowest BCUT2D eigenvalue weighted by Crippen LogP contribution is -2.51. The first-order chi connectivity index (χ1) is 4.35. The molecule has 1 saturated carbocycles. The minimum atomic E-state index is 0.433. The molecule has 1 heteroatoms. The lowest BCUT2D eigenvalue weighted by Gasteiger charge is -2.52. The van der Waals surface area contributed by atoms with Gasteiger partial charge in [-0.05, 0) is 23.7 Å². The topological polar surface area (TPSA) is 26.0 Å². The van der Waals surface area contributed by atoms with Crippen molar-refractivity contribution >= 4 is 0 Å². The summed E-state index contributed by atoms with van der Waals surface area (Å²) in [6.45, 7) is 9.26. The van der Waals surface area contributed by atoms with Crippen LogP contribution in [0.5, 0.6) is 0 Å². The van der Waals surface area contributed by atoms with Gasteiger partial charge in [-0.1, -0.05) is 27.7 Å². The molecule has 0 aromatic carbocycles. The average Bonchev–Trinajstić information content (AvgIpc) is 1.58. The van der Waals surface area contributed by atoms with E-state index in [1.54, 1.807) is 0 Å². The SMILES string of the molecule is CC(C)(C)C1(C)CC(N)C1. The van der Waals surface area contributed by atoms with Gasteiger partial charge in [-0.15, -0.1) is 0 Å². The second-order valence-corrected chi connectivity index (χ2v) is 4.98. The summed E-state index contributed by atoms with van der Waals surface area (Å²) in [4.78, 5) is 0. The fraction of sp³-hybridized carbons (Fsp3) is 1.00. The molecule has 1 rings (SSSR count). The first kappa shape index (κ1) is 8.06. The minimum Gasteiger partial charge on any atom is -0.328 e. The molecule has 0 aliphatic heterocycles. The van der Waals surface area contributed by atoms with Gasteiger partial charge in [0.2, 0.25) is 0 Å². The van der Waals surface area contributed by atoms with Crippen molar-refractivity contribution < 1.29 is 0 Å². The monoisotopic (exact) mass is 141 g/mol. The van der Waals surface area contributed by atoms with Crippen LogP contribution in [0.1, 0.15) is 40.5 Å². The van der Waals surface area contributed by atoms with Gasteiger partial charge in [0.05, 0.1) is 0 Å². The highest BCUT2D eigenvalue weighted by Gasteiger charge is 2.46. The Kier molecular flexibility index (Phi) is 1.59. The molecule has 0 atom stereocenters. The van der Waals surface area contributed by atoms with Gasteiger partial charge in [-0.3, -0.25) is 0 Å². The normalized spacial score (nSPS) is 41.1. The van der Waals surface area contributed by atoms with Gasteiger partial charge in [0, 0.05) is 6.04 Å². The Labute approximate surface area is 64.0 Å². The van der Waals surface area contributed by atoms with Crippen molar-refractivity contribution in [2.45, 2.75) is 46.6 Å². The van der Waals surface area contributed by atoms with Crippen LogP contribution in [0.15, 0.2) is 0 Å². The molecule has 1 aliphatic carbocycles. The number of nitrogens with two attached hydrogens (primary N) is 1. The maximum Gasteiger partial charge on any atom is 0.00496 e. The lowest BCUT2D eigenvalue weighted by atomic mass is 9.54. The molecule has 0 aromatic heterocycles. The number of hydrogen-bond acceptors (Lipinski definition) is 1. The van der Waals surface area contributed by atoms with Crippen LogP contribution in [0.3, 0.4) is 0 Å². The van der Waals surface area contributed by atoms with Gasteiger partial charge in [0.1, 0.15) is 0 Å². The van der Waals surface area contributed by atoms with E-state index in [0.29, 0.717) is 16.9 Å². The van der Waals surface area contributed by atoms with Crippen LogP contribution < -0.4 is 5.73 Å². The molecule has 0 radical (unpaired) electrons. The van der Waals surface area contributed by atoms with E-state index in [-0.39, 0.29) is 0 Å². The molecule has 2 N–H and O–H groups in total. The molecule has 0 aromatic rings. The molecule has 1 nitrogen and oxygen atoms in total. The van der Waals surface area contributed by atoms with Gasteiger partial charge in [-0.2, -0.15) is 0 Å². The van der Waals surface area contributed by atoms with Crippen LogP contribution in [0, 0.1) is 10.8 Å². The maximum absolute atomic E-state index is 5.75. The maximum atomic E-state index is 5.75. The Morgan fingerprint density at radius 2 is 1.70 bits per heavy atom. The summed E-state index contributed by atoms with van der Waals surface area (Å²) < 4.78 is 0. The Balaban J connectivity index is 2.57. The predicted molar refractivity (Wildman–Crippen MR) is 44.8 cm³/mol.